The SMILES string of the molecule is CCCCN(C)S(=O)(=O)c1cnc(N)c(C)c1. The molecule has 0 radical (unpaired) electrons. The Hall–Kier alpha value is -1.14. The van der Waals surface area contributed by atoms with E-state index >= 15 is 0 Å². The second kappa shape index (κ2) is 5.46. The Morgan fingerprint density at radius 2 is 2.12 bits per heavy atom. The largest absolute Gasteiger partial charge is 0.383 e. The molecule has 96 valence electrons. The van der Waals surface area contributed by atoms with Crippen LogP contribution in [0.15, 0.2) is 17.2 Å². The lowest BCUT2D eigenvalue weighted by Gasteiger charge is -2.17. The molecule has 2 N–H and O–H groups in total. The third-order valence-electron chi connectivity index (χ3n) is 2.63. The number of hydrogen-bond donors (Lipinski definition) is 1. The fraction of sp³-hybridized carbons (Fsp3) is 0.545. The van der Waals surface area contributed by atoms with Crippen molar-refractivity contribution in [2.24, 2.45) is 0 Å². The Balaban J connectivity index is 3.00. The Morgan fingerprint density at radius 3 is 2.65 bits per heavy atom. The number of nitrogens with two attached hydrogens (primary N) is 1. The highest BCUT2D eigenvalue weighted by Crippen LogP contribution is 2.17. The number of aromatic nitrogens is 1. The molecule has 0 saturated heterocycles. The van der Waals surface area contributed by atoms with E-state index in [9.17, 15) is 8.42 Å². The van der Waals surface area contributed by atoms with Crippen LogP contribution < -0.4 is 5.73 Å². The van der Waals surface area contributed by atoms with Gasteiger partial charge in [-0.2, -0.15) is 0 Å². The second-order valence-electron chi connectivity index (χ2n) is 4.05. The zero-order valence-electron chi connectivity index (χ0n) is 10.5. The first kappa shape index (κ1) is 13.9. The maximum atomic E-state index is 12.1. The molecule has 5 nitrogen and oxygen atoms in total. The number of hydrogen-bond acceptors (Lipinski definition) is 4. The number of nitrogens with zero attached hydrogens (tertiary/aromatic N) is 2. The van der Waals surface area contributed by atoms with E-state index in [0.29, 0.717) is 17.9 Å². The molecule has 1 heterocycles. The van der Waals surface area contributed by atoms with E-state index in [1.165, 1.54) is 10.5 Å². The van der Waals surface area contributed by atoms with Crippen molar-refractivity contribution < 1.29 is 8.42 Å². The molecular weight excluding hydrogens is 238 g/mol. The van der Waals surface area contributed by atoms with E-state index in [4.69, 9.17) is 5.73 Å². The van der Waals surface area contributed by atoms with Crippen LogP contribution in [0, 0.1) is 6.92 Å². The highest BCUT2D eigenvalue weighted by Gasteiger charge is 2.21. The predicted molar refractivity (Wildman–Crippen MR) is 68.1 cm³/mol. The van der Waals surface area contributed by atoms with E-state index < -0.39 is 10.0 Å². The minimum Gasteiger partial charge on any atom is -0.383 e. The summed E-state index contributed by atoms with van der Waals surface area (Å²) in [5, 5.41) is 0. The Bertz CT molecular complexity index is 485. The maximum absolute atomic E-state index is 12.1. The van der Waals surface area contributed by atoms with Crippen molar-refractivity contribution in [3.05, 3.63) is 17.8 Å². The summed E-state index contributed by atoms with van der Waals surface area (Å²) in [4.78, 5) is 4.08. The second-order valence-corrected chi connectivity index (χ2v) is 6.10. The van der Waals surface area contributed by atoms with Crippen molar-refractivity contribution in [2.75, 3.05) is 19.3 Å². The fourth-order valence-corrected chi connectivity index (χ4v) is 2.62. The summed E-state index contributed by atoms with van der Waals surface area (Å²) >= 11 is 0. The molecule has 0 aliphatic heterocycles. The van der Waals surface area contributed by atoms with Crippen LogP contribution in [0.25, 0.3) is 0 Å². The number of anilines is 1. The Kier molecular flexibility index (Phi) is 4.47. The third kappa shape index (κ3) is 3.17. The van der Waals surface area contributed by atoms with Gasteiger partial charge >= 0.3 is 0 Å². The van der Waals surface area contributed by atoms with Crippen molar-refractivity contribution in [1.82, 2.24) is 9.29 Å². The van der Waals surface area contributed by atoms with Crippen molar-refractivity contribution in [3.63, 3.8) is 0 Å². The van der Waals surface area contributed by atoms with Gasteiger partial charge in [-0.25, -0.2) is 17.7 Å². The predicted octanol–water partition coefficient (Wildman–Crippen LogP) is 1.39. The first-order valence-corrected chi connectivity index (χ1v) is 7.02. The molecule has 1 aromatic heterocycles. The van der Waals surface area contributed by atoms with Crippen LogP contribution in [0.5, 0.6) is 0 Å². The van der Waals surface area contributed by atoms with Crippen molar-refractivity contribution in [1.29, 1.82) is 0 Å². The first-order valence-electron chi connectivity index (χ1n) is 5.58. The zero-order chi connectivity index (χ0) is 13.1. The lowest BCUT2D eigenvalue weighted by Crippen LogP contribution is -2.28. The highest BCUT2D eigenvalue weighted by atomic mass is 32.2. The van der Waals surface area contributed by atoms with Crippen molar-refractivity contribution in [3.8, 4) is 0 Å². The van der Waals surface area contributed by atoms with Gasteiger partial charge in [-0.3, -0.25) is 0 Å². The molecule has 0 bridgehead atoms. The van der Waals surface area contributed by atoms with Crippen LogP contribution in [-0.2, 0) is 10.0 Å². The van der Waals surface area contributed by atoms with E-state index in [1.807, 2.05) is 6.92 Å². The standard InChI is InChI=1S/C11H19N3O2S/c1-4-5-6-14(3)17(15,16)10-7-9(2)11(12)13-8-10/h7-8H,4-6H2,1-3H3,(H2,12,13). The van der Waals surface area contributed by atoms with Crippen LogP contribution in [0.1, 0.15) is 25.3 Å². The molecule has 6 heteroatoms. The molecule has 0 unspecified atom stereocenters. The van der Waals surface area contributed by atoms with Gasteiger partial charge in [0.05, 0.1) is 0 Å². The number of nitrogen functional groups attached to an aromatic ring is 1. The molecule has 0 atom stereocenters. The average molecular weight is 257 g/mol. The number of rotatable bonds is 5. The van der Waals surface area contributed by atoms with Gasteiger partial charge in [0.25, 0.3) is 0 Å². The maximum Gasteiger partial charge on any atom is 0.244 e. The van der Waals surface area contributed by atoms with Crippen molar-refractivity contribution >= 4 is 15.8 Å². The Morgan fingerprint density at radius 1 is 1.47 bits per heavy atom. The molecular formula is C11H19N3O2S. The molecule has 17 heavy (non-hydrogen) atoms. The van der Waals surface area contributed by atoms with E-state index in [0.717, 1.165) is 12.8 Å². The molecule has 1 rings (SSSR count). The number of pyridine rings is 1. The number of unbranched alkanes of at least 4 members (excludes halogenated alkanes) is 1. The van der Waals surface area contributed by atoms with Gasteiger partial charge in [-0.05, 0) is 25.0 Å². The molecule has 0 spiro atoms. The van der Waals surface area contributed by atoms with Gasteiger partial charge in [-0.15, -0.1) is 0 Å². The van der Waals surface area contributed by atoms with Crippen molar-refractivity contribution in [2.45, 2.75) is 31.6 Å². The molecule has 0 aliphatic rings. The van der Waals surface area contributed by atoms with Gasteiger partial charge in [0.15, 0.2) is 0 Å². The molecule has 1 aromatic rings. The van der Waals surface area contributed by atoms with Crippen LogP contribution >= 0.6 is 0 Å². The molecule has 0 aromatic carbocycles. The topological polar surface area (TPSA) is 76.3 Å². The molecule has 0 saturated carbocycles. The zero-order valence-corrected chi connectivity index (χ0v) is 11.3. The van der Waals surface area contributed by atoms with Crippen LogP contribution in [0.4, 0.5) is 5.82 Å². The first-order chi connectivity index (χ1) is 7.89. The number of aryl methyl sites for hydroxylation is 1. The molecule has 0 aliphatic carbocycles. The minimum absolute atomic E-state index is 0.197. The molecule has 0 fully saturated rings. The smallest absolute Gasteiger partial charge is 0.244 e. The van der Waals surface area contributed by atoms with Gasteiger partial charge in [0, 0.05) is 19.8 Å². The summed E-state index contributed by atoms with van der Waals surface area (Å²) in [6.45, 7) is 4.28. The van der Waals surface area contributed by atoms with Gasteiger partial charge in [0.1, 0.15) is 10.7 Å². The summed E-state index contributed by atoms with van der Waals surface area (Å²) in [5.41, 5.74) is 6.24. The van der Waals surface area contributed by atoms with Crippen LogP contribution in [0.2, 0.25) is 0 Å². The van der Waals surface area contributed by atoms with Gasteiger partial charge in [-0.1, -0.05) is 13.3 Å². The summed E-state index contributed by atoms with van der Waals surface area (Å²) in [7, 11) is -1.86. The fourth-order valence-electron chi connectivity index (χ4n) is 1.38. The van der Waals surface area contributed by atoms with Crippen LogP contribution in [-0.4, -0.2) is 31.3 Å². The molecule has 0 amide bonds. The van der Waals surface area contributed by atoms with E-state index in [1.54, 1.807) is 20.0 Å². The Labute approximate surface area is 103 Å². The lowest BCUT2D eigenvalue weighted by molar-refractivity contribution is 0.459. The van der Waals surface area contributed by atoms with E-state index in [-0.39, 0.29) is 4.90 Å². The minimum atomic E-state index is -3.44. The lowest BCUT2D eigenvalue weighted by atomic mass is 10.3. The van der Waals surface area contributed by atoms with Gasteiger partial charge in [0.2, 0.25) is 10.0 Å². The van der Waals surface area contributed by atoms with E-state index in [2.05, 4.69) is 4.98 Å². The summed E-state index contributed by atoms with van der Waals surface area (Å²) in [6, 6.07) is 1.56. The summed E-state index contributed by atoms with van der Waals surface area (Å²) in [5.74, 6) is 0.361. The monoisotopic (exact) mass is 257 g/mol. The summed E-state index contributed by atoms with van der Waals surface area (Å²) in [6.07, 6.45) is 3.11. The normalized spacial score (nSPS) is 12.0. The third-order valence-corrected chi connectivity index (χ3v) is 4.45. The number of sulfonamides is 1. The summed E-state index contributed by atoms with van der Waals surface area (Å²) < 4.78 is 25.6. The highest BCUT2D eigenvalue weighted by molar-refractivity contribution is 7.89. The average Bonchev–Trinajstić information content (AvgIpc) is 2.29. The van der Waals surface area contributed by atoms with Gasteiger partial charge < -0.3 is 5.73 Å². The quantitative estimate of drug-likeness (QED) is 0.865. The van der Waals surface area contributed by atoms with Crippen LogP contribution in [0.3, 0.4) is 0 Å².